The summed E-state index contributed by atoms with van der Waals surface area (Å²) in [6.07, 6.45) is 3.52. The third kappa shape index (κ3) is 3.02. The summed E-state index contributed by atoms with van der Waals surface area (Å²) < 4.78 is 0. The van der Waals surface area contributed by atoms with E-state index in [1.54, 1.807) is 19.2 Å². The van der Waals surface area contributed by atoms with Crippen LogP contribution in [0.15, 0.2) is 42.7 Å². The van der Waals surface area contributed by atoms with Crippen molar-refractivity contribution in [3.63, 3.8) is 0 Å². The first-order chi connectivity index (χ1) is 10.2. The van der Waals surface area contributed by atoms with E-state index in [1.807, 2.05) is 30.5 Å². The molecule has 1 saturated heterocycles. The summed E-state index contributed by atoms with van der Waals surface area (Å²) in [5.74, 6) is 1.97. The highest BCUT2D eigenvalue weighted by Crippen LogP contribution is 2.18. The van der Waals surface area contributed by atoms with Crippen LogP contribution in [0.4, 0.5) is 11.6 Å². The first kappa shape index (κ1) is 13.5. The van der Waals surface area contributed by atoms with E-state index in [0.717, 1.165) is 37.8 Å². The molecule has 0 amide bonds. The van der Waals surface area contributed by atoms with Crippen molar-refractivity contribution in [3.05, 3.63) is 48.3 Å². The number of pyridine rings is 2. The fourth-order valence-electron chi connectivity index (χ4n) is 2.52. The molecule has 0 aromatic carbocycles. The van der Waals surface area contributed by atoms with Crippen LogP contribution in [-0.2, 0) is 0 Å². The molecule has 108 valence electrons. The Bertz CT molecular complexity index is 621. The van der Waals surface area contributed by atoms with Crippen LogP contribution in [0.25, 0.3) is 0 Å². The van der Waals surface area contributed by atoms with Crippen LogP contribution in [0.3, 0.4) is 0 Å². The first-order valence-electron chi connectivity index (χ1n) is 7.12. The van der Waals surface area contributed by atoms with Crippen LogP contribution in [0, 0.1) is 0 Å². The lowest BCUT2D eigenvalue weighted by molar-refractivity contribution is 0.101. The van der Waals surface area contributed by atoms with Crippen molar-refractivity contribution in [2.75, 3.05) is 36.0 Å². The Morgan fingerprint density at radius 3 is 2.24 bits per heavy atom. The highest BCUT2D eigenvalue weighted by atomic mass is 16.1. The predicted octanol–water partition coefficient (Wildman–Crippen LogP) is 2.01. The molecule has 0 bridgehead atoms. The normalized spacial score (nSPS) is 15.1. The van der Waals surface area contributed by atoms with Gasteiger partial charge in [-0.2, -0.15) is 0 Å². The number of anilines is 2. The van der Waals surface area contributed by atoms with Crippen molar-refractivity contribution in [1.82, 2.24) is 9.97 Å². The third-order valence-electron chi connectivity index (χ3n) is 3.73. The second-order valence-corrected chi connectivity index (χ2v) is 5.12. The summed E-state index contributed by atoms with van der Waals surface area (Å²) in [7, 11) is 0. The number of Topliss-reactive ketones (excluding diaryl/α,β-unsaturated/α-hetero) is 1. The Kier molecular flexibility index (Phi) is 3.81. The summed E-state index contributed by atoms with van der Waals surface area (Å²) in [6.45, 7) is 5.15. The SMILES string of the molecule is CC(=O)c1ccnc(N2CCN(c3ccccn3)CC2)c1. The zero-order valence-corrected chi connectivity index (χ0v) is 12.1. The van der Waals surface area contributed by atoms with E-state index in [2.05, 4.69) is 19.8 Å². The van der Waals surface area contributed by atoms with Gasteiger partial charge in [-0.3, -0.25) is 4.79 Å². The van der Waals surface area contributed by atoms with Gasteiger partial charge in [-0.1, -0.05) is 6.07 Å². The molecule has 3 rings (SSSR count). The number of aromatic nitrogens is 2. The maximum absolute atomic E-state index is 11.5. The monoisotopic (exact) mass is 282 g/mol. The summed E-state index contributed by atoms with van der Waals surface area (Å²) in [6, 6.07) is 9.60. The number of hydrogen-bond donors (Lipinski definition) is 0. The Labute approximate surface area is 124 Å². The zero-order valence-electron chi connectivity index (χ0n) is 12.1. The van der Waals surface area contributed by atoms with Crippen LogP contribution in [-0.4, -0.2) is 41.9 Å². The van der Waals surface area contributed by atoms with E-state index < -0.39 is 0 Å². The van der Waals surface area contributed by atoms with Crippen molar-refractivity contribution in [1.29, 1.82) is 0 Å². The Hall–Kier alpha value is -2.43. The fourth-order valence-corrected chi connectivity index (χ4v) is 2.52. The first-order valence-corrected chi connectivity index (χ1v) is 7.12. The molecule has 0 saturated carbocycles. The average Bonchev–Trinajstić information content (AvgIpc) is 2.56. The summed E-state index contributed by atoms with van der Waals surface area (Å²) in [5.41, 5.74) is 0.715. The van der Waals surface area contributed by atoms with Crippen LogP contribution < -0.4 is 9.80 Å². The minimum Gasteiger partial charge on any atom is -0.353 e. The number of carbonyl (C=O) groups is 1. The van der Waals surface area contributed by atoms with E-state index in [-0.39, 0.29) is 5.78 Å². The maximum atomic E-state index is 11.5. The average molecular weight is 282 g/mol. The van der Waals surface area contributed by atoms with Crippen molar-refractivity contribution in [2.45, 2.75) is 6.92 Å². The van der Waals surface area contributed by atoms with E-state index in [4.69, 9.17) is 0 Å². The van der Waals surface area contributed by atoms with Gasteiger partial charge >= 0.3 is 0 Å². The molecular weight excluding hydrogens is 264 g/mol. The van der Waals surface area contributed by atoms with Crippen molar-refractivity contribution in [3.8, 4) is 0 Å². The number of hydrogen-bond acceptors (Lipinski definition) is 5. The highest BCUT2D eigenvalue weighted by Gasteiger charge is 2.19. The lowest BCUT2D eigenvalue weighted by Gasteiger charge is -2.36. The molecular formula is C16H18N4O. The molecule has 2 aromatic heterocycles. The van der Waals surface area contributed by atoms with Gasteiger partial charge in [-0.25, -0.2) is 9.97 Å². The van der Waals surface area contributed by atoms with Crippen molar-refractivity contribution in [2.24, 2.45) is 0 Å². The largest absolute Gasteiger partial charge is 0.353 e. The third-order valence-corrected chi connectivity index (χ3v) is 3.73. The minimum atomic E-state index is 0.0748. The highest BCUT2D eigenvalue weighted by molar-refractivity contribution is 5.94. The Morgan fingerprint density at radius 1 is 0.952 bits per heavy atom. The van der Waals surface area contributed by atoms with E-state index in [0.29, 0.717) is 5.56 Å². The molecule has 5 heteroatoms. The van der Waals surface area contributed by atoms with Crippen LogP contribution in [0.1, 0.15) is 17.3 Å². The number of carbonyl (C=O) groups excluding carboxylic acids is 1. The number of piperazine rings is 1. The van der Waals surface area contributed by atoms with Gasteiger partial charge < -0.3 is 9.80 Å². The maximum Gasteiger partial charge on any atom is 0.159 e. The van der Waals surface area contributed by atoms with Gasteiger partial charge in [0.15, 0.2) is 5.78 Å². The standard InChI is InChI=1S/C16H18N4O/c1-13(21)14-5-7-18-16(12-14)20-10-8-19(9-11-20)15-4-2-3-6-17-15/h2-7,12H,8-11H2,1H3. The van der Waals surface area contributed by atoms with Gasteiger partial charge in [-0.05, 0) is 31.2 Å². The van der Waals surface area contributed by atoms with E-state index in [9.17, 15) is 4.79 Å². The van der Waals surface area contributed by atoms with Crippen molar-refractivity contribution < 1.29 is 4.79 Å². The minimum absolute atomic E-state index is 0.0748. The zero-order chi connectivity index (χ0) is 14.7. The Balaban J connectivity index is 1.68. The lowest BCUT2D eigenvalue weighted by atomic mass is 10.2. The van der Waals surface area contributed by atoms with Gasteiger partial charge in [0.05, 0.1) is 0 Å². The van der Waals surface area contributed by atoms with Gasteiger partial charge in [0.2, 0.25) is 0 Å². The predicted molar refractivity (Wildman–Crippen MR) is 82.9 cm³/mol. The molecule has 1 aliphatic rings. The molecule has 21 heavy (non-hydrogen) atoms. The van der Waals surface area contributed by atoms with Crippen molar-refractivity contribution >= 4 is 17.4 Å². The van der Waals surface area contributed by atoms with E-state index in [1.165, 1.54) is 0 Å². The molecule has 0 aliphatic carbocycles. The molecule has 3 heterocycles. The molecule has 2 aromatic rings. The van der Waals surface area contributed by atoms with Gasteiger partial charge in [0.25, 0.3) is 0 Å². The topological polar surface area (TPSA) is 49.3 Å². The second-order valence-electron chi connectivity index (χ2n) is 5.12. The van der Waals surface area contributed by atoms with E-state index >= 15 is 0 Å². The van der Waals surface area contributed by atoms with Gasteiger partial charge in [0.1, 0.15) is 11.6 Å². The molecule has 0 atom stereocenters. The number of rotatable bonds is 3. The lowest BCUT2D eigenvalue weighted by Crippen LogP contribution is -2.47. The van der Waals surface area contributed by atoms with Crippen LogP contribution >= 0.6 is 0 Å². The smallest absolute Gasteiger partial charge is 0.159 e. The van der Waals surface area contributed by atoms with Crippen LogP contribution in [0.2, 0.25) is 0 Å². The summed E-state index contributed by atoms with van der Waals surface area (Å²) in [4.78, 5) is 24.7. The number of ketones is 1. The molecule has 0 radical (unpaired) electrons. The fraction of sp³-hybridized carbons (Fsp3) is 0.312. The Morgan fingerprint density at radius 2 is 1.62 bits per heavy atom. The molecule has 5 nitrogen and oxygen atoms in total. The molecule has 1 fully saturated rings. The number of nitrogens with zero attached hydrogens (tertiary/aromatic N) is 4. The molecule has 0 N–H and O–H groups in total. The summed E-state index contributed by atoms with van der Waals surface area (Å²) >= 11 is 0. The second kappa shape index (κ2) is 5.91. The molecule has 0 spiro atoms. The summed E-state index contributed by atoms with van der Waals surface area (Å²) in [5, 5.41) is 0. The van der Waals surface area contributed by atoms with Gasteiger partial charge in [-0.15, -0.1) is 0 Å². The molecule has 0 unspecified atom stereocenters. The van der Waals surface area contributed by atoms with Gasteiger partial charge in [0, 0.05) is 44.1 Å². The van der Waals surface area contributed by atoms with Crippen LogP contribution in [0.5, 0.6) is 0 Å². The quantitative estimate of drug-likeness (QED) is 0.806. The molecule has 1 aliphatic heterocycles.